The number of nitro groups is 1. The molecule has 0 N–H and O–H groups in total. The van der Waals surface area contributed by atoms with Crippen molar-refractivity contribution in [3.05, 3.63) is 28.1 Å². The predicted molar refractivity (Wildman–Crippen MR) is 73.9 cm³/mol. The second-order valence-electron chi connectivity index (χ2n) is 4.65. The Morgan fingerprint density at radius 1 is 1.43 bits per heavy atom. The Morgan fingerprint density at radius 2 is 2.10 bits per heavy atom. The van der Waals surface area contributed by atoms with Crippen molar-refractivity contribution in [1.82, 2.24) is 4.90 Å². The molecule has 0 bridgehead atoms. The van der Waals surface area contributed by atoms with E-state index in [1.54, 1.807) is 0 Å². The fraction of sp³-hybridized carbons (Fsp3) is 0.462. The summed E-state index contributed by atoms with van der Waals surface area (Å²) in [6, 6.07) is 4.32. The van der Waals surface area contributed by atoms with Crippen LogP contribution in [0, 0.1) is 27.3 Å². The molecule has 21 heavy (non-hydrogen) atoms. The number of hydrogen-bond acceptors (Lipinski definition) is 6. The quantitative estimate of drug-likeness (QED) is 0.474. The zero-order valence-electron chi connectivity index (χ0n) is 11.6. The van der Waals surface area contributed by atoms with Gasteiger partial charge in [-0.25, -0.2) is 4.39 Å². The third-order valence-corrected chi connectivity index (χ3v) is 3.45. The number of piperazine rings is 1. The van der Waals surface area contributed by atoms with E-state index in [-0.39, 0.29) is 11.4 Å². The molecule has 1 fully saturated rings. The van der Waals surface area contributed by atoms with Crippen LogP contribution in [0.5, 0.6) is 5.75 Å². The zero-order chi connectivity index (χ0) is 15.4. The van der Waals surface area contributed by atoms with Crippen LogP contribution in [0.25, 0.3) is 0 Å². The number of nitro benzene ring substituents is 1. The maximum Gasteiger partial charge on any atom is 0.295 e. The molecule has 2 rings (SSSR count). The van der Waals surface area contributed by atoms with Gasteiger partial charge in [0.25, 0.3) is 5.69 Å². The summed E-state index contributed by atoms with van der Waals surface area (Å²) in [5, 5.41) is 19.8. The number of rotatable bonds is 4. The fourth-order valence-electron chi connectivity index (χ4n) is 2.33. The minimum Gasteiger partial charge on any atom is -0.494 e. The van der Waals surface area contributed by atoms with Crippen molar-refractivity contribution in [2.75, 3.05) is 44.7 Å². The lowest BCUT2D eigenvalue weighted by Crippen LogP contribution is -2.46. The number of halogens is 1. The van der Waals surface area contributed by atoms with Crippen LogP contribution in [0.3, 0.4) is 0 Å². The Bertz CT molecular complexity index is 580. The van der Waals surface area contributed by atoms with Crippen molar-refractivity contribution >= 4 is 11.4 Å². The molecule has 8 heteroatoms. The van der Waals surface area contributed by atoms with Crippen LogP contribution in [0.4, 0.5) is 15.8 Å². The fourth-order valence-corrected chi connectivity index (χ4v) is 2.33. The van der Waals surface area contributed by atoms with Crippen LogP contribution in [0.1, 0.15) is 0 Å². The number of anilines is 1. The molecule has 1 aromatic carbocycles. The molecule has 0 aliphatic carbocycles. The van der Waals surface area contributed by atoms with Gasteiger partial charge in [0, 0.05) is 32.2 Å². The average molecular weight is 294 g/mol. The molecule has 7 nitrogen and oxygen atoms in total. The summed E-state index contributed by atoms with van der Waals surface area (Å²) in [5.41, 5.74) is 0.0666. The molecule has 0 unspecified atom stereocenters. The molecule has 0 atom stereocenters. The Labute approximate surface area is 121 Å². The van der Waals surface area contributed by atoms with Gasteiger partial charge in [-0.15, -0.1) is 0 Å². The molecule has 1 saturated heterocycles. The van der Waals surface area contributed by atoms with Gasteiger partial charge < -0.3 is 9.64 Å². The van der Waals surface area contributed by atoms with Crippen molar-refractivity contribution in [3.63, 3.8) is 0 Å². The number of nitriles is 1. The molecule has 0 amide bonds. The van der Waals surface area contributed by atoms with Crippen molar-refractivity contribution < 1.29 is 14.1 Å². The van der Waals surface area contributed by atoms with E-state index < -0.39 is 10.7 Å². The van der Waals surface area contributed by atoms with Crippen LogP contribution >= 0.6 is 0 Å². The highest BCUT2D eigenvalue weighted by atomic mass is 19.1. The van der Waals surface area contributed by atoms with E-state index in [0.717, 1.165) is 6.07 Å². The summed E-state index contributed by atoms with van der Waals surface area (Å²) in [6.07, 6.45) is 0. The number of benzene rings is 1. The highest BCUT2D eigenvalue weighted by molar-refractivity contribution is 5.66. The SMILES string of the molecule is COc1cc(N2CCN(CC#N)CC2)c([N+](=O)[O-])cc1F. The zero-order valence-corrected chi connectivity index (χ0v) is 11.6. The number of nitrogens with zero attached hydrogens (tertiary/aromatic N) is 4. The maximum atomic E-state index is 13.6. The molecular weight excluding hydrogens is 279 g/mol. The van der Waals surface area contributed by atoms with Gasteiger partial charge in [-0.05, 0) is 0 Å². The van der Waals surface area contributed by atoms with Gasteiger partial charge in [0.1, 0.15) is 5.69 Å². The van der Waals surface area contributed by atoms with E-state index in [0.29, 0.717) is 38.4 Å². The average Bonchev–Trinajstić information content (AvgIpc) is 2.48. The predicted octanol–water partition coefficient (Wildman–Crippen LogP) is 1.39. The molecule has 1 heterocycles. The van der Waals surface area contributed by atoms with Crippen LogP contribution in [-0.2, 0) is 0 Å². The summed E-state index contributed by atoms with van der Waals surface area (Å²) in [5.74, 6) is -0.772. The molecule has 1 aliphatic heterocycles. The lowest BCUT2D eigenvalue weighted by atomic mass is 10.2. The third kappa shape index (κ3) is 3.20. The molecule has 1 aliphatic rings. The topological polar surface area (TPSA) is 82.6 Å². The Hall–Kier alpha value is -2.40. The third-order valence-electron chi connectivity index (χ3n) is 3.45. The summed E-state index contributed by atoms with van der Waals surface area (Å²) in [4.78, 5) is 14.3. The van der Waals surface area contributed by atoms with Crippen LogP contribution < -0.4 is 9.64 Å². The second-order valence-corrected chi connectivity index (χ2v) is 4.65. The minimum absolute atomic E-state index is 0.0185. The molecule has 0 saturated carbocycles. The van der Waals surface area contributed by atoms with Crippen LogP contribution in [-0.4, -0.2) is 49.7 Å². The van der Waals surface area contributed by atoms with Gasteiger partial charge in [-0.1, -0.05) is 0 Å². The second kappa shape index (κ2) is 6.37. The van der Waals surface area contributed by atoms with Gasteiger partial charge in [0.05, 0.1) is 30.7 Å². The van der Waals surface area contributed by atoms with Gasteiger partial charge in [0.2, 0.25) is 0 Å². The first-order chi connectivity index (χ1) is 10.1. The first-order valence-electron chi connectivity index (χ1n) is 6.43. The van der Waals surface area contributed by atoms with E-state index in [2.05, 4.69) is 6.07 Å². The molecule has 112 valence electrons. The van der Waals surface area contributed by atoms with Crippen molar-refractivity contribution in [2.24, 2.45) is 0 Å². The molecule has 0 aromatic heterocycles. The minimum atomic E-state index is -0.754. The lowest BCUT2D eigenvalue weighted by molar-refractivity contribution is -0.384. The maximum absolute atomic E-state index is 13.6. The molecular formula is C13H15FN4O3. The van der Waals surface area contributed by atoms with Crippen LogP contribution in [0.2, 0.25) is 0 Å². The largest absolute Gasteiger partial charge is 0.494 e. The number of ether oxygens (including phenoxy) is 1. The Balaban J connectivity index is 2.27. The van der Waals surface area contributed by atoms with Gasteiger partial charge in [-0.3, -0.25) is 15.0 Å². The van der Waals surface area contributed by atoms with E-state index in [1.807, 2.05) is 9.80 Å². The summed E-state index contributed by atoms with van der Waals surface area (Å²) >= 11 is 0. The standard InChI is InChI=1S/C13H15FN4O3/c1-21-13-9-11(12(18(19)20)8-10(13)14)17-6-4-16(3-2-15)5-7-17/h8-9H,3-7H2,1H3. The van der Waals surface area contributed by atoms with Gasteiger partial charge in [0.15, 0.2) is 11.6 Å². The summed E-state index contributed by atoms with van der Waals surface area (Å²) < 4.78 is 18.5. The summed E-state index contributed by atoms with van der Waals surface area (Å²) in [7, 11) is 1.32. The molecule has 1 aromatic rings. The Morgan fingerprint density at radius 3 is 2.62 bits per heavy atom. The summed E-state index contributed by atoms with van der Waals surface area (Å²) in [6.45, 7) is 2.67. The smallest absolute Gasteiger partial charge is 0.295 e. The van der Waals surface area contributed by atoms with Gasteiger partial charge >= 0.3 is 0 Å². The van der Waals surface area contributed by atoms with Crippen molar-refractivity contribution in [1.29, 1.82) is 5.26 Å². The normalized spacial score (nSPS) is 15.6. The highest BCUT2D eigenvalue weighted by Crippen LogP contribution is 2.34. The first-order valence-corrected chi connectivity index (χ1v) is 6.43. The number of hydrogen-bond donors (Lipinski definition) is 0. The lowest BCUT2D eigenvalue weighted by Gasteiger charge is -2.34. The monoisotopic (exact) mass is 294 g/mol. The molecule has 0 radical (unpaired) electrons. The van der Waals surface area contributed by atoms with E-state index in [1.165, 1.54) is 13.2 Å². The highest BCUT2D eigenvalue weighted by Gasteiger charge is 2.26. The van der Waals surface area contributed by atoms with E-state index >= 15 is 0 Å². The molecule has 0 spiro atoms. The first kappa shape index (κ1) is 15.0. The van der Waals surface area contributed by atoms with Crippen molar-refractivity contribution in [3.8, 4) is 11.8 Å². The van der Waals surface area contributed by atoms with Gasteiger partial charge in [-0.2, -0.15) is 5.26 Å². The van der Waals surface area contributed by atoms with Crippen molar-refractivity contribution in [2.45, 2.75) is 0 Å². The van der Waals surface area contributed by atoms with E-state index in [4.69, 9.17) is 10.00 Å². The van der Waals surface area contributed by atoms with Crippen LogP contribution in [0.15, 0.2) is 12.1 Å². The van der Waals surface area contributed by atoms with E-state index in [9.17, 15) is 14.5 Å². The number of methoxy groups -OCH3 is 1. The Kier molecular flexibility index (Phi) is 4.55.